The number of nitrogens with zero attached hydrogens (tertiary/aromatic N) is 3. The fraction of sp³-hybridized carbons (Fsp3) is 0.318. The van der Waals surface area contributed by atoms with E-state index in [1.54, 1.807) is 6.20 Å². The second kappa shape index (κ2) is 7.35. The third-order valence-electron chi connectivity index (χ3n) is 5.09. The highest BCUT2D eigenvalue weighted by atomic mass is 16.1. The lowest BCUT2D eigenvalue weighted by atomic mass is 10.1. The third-order valence-corrected chi connectivity index (χ3v) is 5.09. The van der Waals surface area contributed by atoms with Crippen molar-refractivity contribution in [2.75, 3.05) is 23.3 Å². The largest absolute Gasteiger partial charge is 0.357 e. The number of hydrogen-bond acceptors (Lipinski definition) is 4. The van der Waals surface area contributed by atoms with E-state index in [4.69, 9.17) is 0 Å². The minimum absolute atomic E-state index is 0.157. The van der Waals surface area contributed by atoms with Gasteiger partial charge in [-0.2, -0.15) is 0 Å². The first-order chi connectivity index (χ1) is 13.1. The van der Waals surface area contributed by atoms with Crippen LogP contribution in [-0.4, -0.2) is 29.0 Å². The average Bonchev–Trinajstić information content (AvgIpc) is 2.69. The number of rotatable bonds is 3. The van der Waals surface area contributed by atoms with Crippen LogP contribution in [0, 0.1) is 13.8 Å². The van der Waals surface area contributed by atoms with Gasteiger partial charge in [0.1, 0.15) is 5.82 Å². The fourth-order valence-electron chi connectivity index (χ4n) is 3.59. The number of aryl methyl sites for hydroxylation is 2. The number of anilines is 2. The standard InChI is InChI=1S/C22H24N4O/c1-15-6-8-20-17(12-15)13-19(16(2)24-20)22(27)25-18-7-9-21(23-14-18)26-10-4-3-5-11-26/h6-9,12-14H,3-5,10-11H2,1-2H3,(H,25,27). The third kappa shape index (κ3) is 3.77. The Kier molecular flexibility index (Phi) is 4.75. The zero-order valence-corrected chi connectivity index (χ0v) is 15.8. The molecule has 2 aromatic heterocycles. The summed E-state index contributed by atoms with van der Waals surface area (Å²) < 4.78 is 0. The van der Waals surface area contributed by atoms with E-state index in [0.29, 0.717) is 11.3 Å². The first kappa shape index (κ1) is 17.5. The van der Waals surface area contributed by atoms with E-state index in [2.05, 4.69) is 20.2 Å². The molecule has 1 aliphatic rings. The maximum absolute atomic E-state index is 12.8. The highest BCUT2D eigenvalue weighted by molar-refractivity contribution is 6.06. The lowest BCUT2D eigenvalue weighted by Gasteiger charge is -2.27. The van der Waals surface area contributed by atoms with Crippen molar-refractivity contribution in [3.63, 3.8) is 0 Å². The Labute approximate surface area is 159 Å². The second-order valence-corrected chi connectivity index (χ2v) is 7.22. The van der Waals surface area contributed by atoms with Crippen molar-refractivity contribution < 1.29 is 4.79 Å². The molecule has 5 nitrogen and oxygen atoms in total. The Morgan fingerprint density at radius 3 is 2.59 bits per heavy atom. The molecule has 1 saturated heterocycles. The van der Waals surface area contributed by atoms with Gasteiger partial charge in [0, 0.05) is 18.5 Å². The molecule has 0 aliphatic carbocycles. The van der Waals surface area contributed by atoms with Crippen LogP contribution < -0.4 is 10.2 Å². The Morgan fingerprint density at radius 2 is 1.85 bits per heavy atom. The second-order valence-electron chi connectivity index (χ2n) is 7.22. The highest BCUT2D eigenvalue weighted by Gasteiger charge is 2.14. The number of benzene rings is 1. The molecule has 3 heterocycles. The number of aromatic nitrogens is 2. The molecule has 0 radical (unpaired) electrons. The zero-order chi connectivity index (χ0) is 18.8. The van der Waals surface area contributed by atoms with Crippen molar-refractivity contribution in [1.82, 2.24) is 9.97 Å². The van der Waals surface area contributed by atoms with Crippen LogP contribution in [0.4, 0.5) is 11.5 Å². The zero-order valence-electron chi connectivity index (χ0n) is 15.8. The molecule has 1 aromatic carbocycles. The van der Waals surface area contributed by atoms with E-state index >= 15 is 0 Å². The van der Waals surface area contributed by atoms with Gasteiger partial charge in [0.2, 0.25) is 0 Å². The summed E-state index contributed by atoms with van der Waals surface area (Å²) in [5, 5.41) is 3.92. The summed E-state index contributed by atoms with van der Waals surface area (Å²) in [5.74, 6) is 0.822. The van der Waals surface area contributed by atoms with Crippen LogP contribution in [0.1, 0.15) is 40.9 Å². The number of nitrogens with one attached hydrogen (secondary N) is 1. The van der Waals surface area contributed by atoms with E-state index in [1.807, 2.05) is 50.2 Å². The van der Waals surface area contributed by atoms with Crippen molar-refractivity contribution >= 4 is 28.3 Å². The molecule has 0 atom stereocenters. The van der Waals surface area contributed by atoms with Gasteiger partial charge in [-0.05, 0) is 63.4 Å². The number of fused-ring (bicyclic) bond motifs is 1. The van der Waals surface area contributed by atoms with Crippen LogP contribution in [0.15, 0.2) is 42.6 Å². The van der Waals surface area contributed by atoms with Crippen molar-refractivity contribution in [1.29, 1.82) is 0 Å². The SMILES string of the molecule is Cc1ccc2nc(C)c(C(=O)Nc3ccc(N4CCCCC4)nc3)cc2c1. The van der Waals surface area contributed by atoms with Crippen LogP contribution in [0.25, 0.3) is 10.9 Å². The predicted molar refractivity (Wildman–Crippen MR) is 109 cm³/mol. The maximum atomic E-state index is 12.8. The molecule has 5 heteroatoms. The number of pyridine rings is 2. The monoisotopic (exact) mass is 360 g/mol. The lowest BCUT2D eigenvalue weighted by molar-refractivity contribution is 0.102. The quantitative estimate of drug-likeness (QED) is 0.748. The van der Waals surface area contributed by atoms with Crippen molar-refractivity contribution in [2.45, 2.75) is 33.1 Å². The molecule has 0 unspecified atom stereocenters. The first-order valence-electron chi connectivity index (χ1n) is 9.50. The number of carbonyl (C=O) groups excluding carboxylic acids is 1. The van der Waals surface area contributed by atoms with Gasteiger partial charge in [0.15, 0.2) is 0 Å². The summed E-state index contributed by atoms with van der Waals surface area (Å²) >= 11 is 0. The first-order valence-corrected chi connectivity index (χ1v) is 9.50. The predicted octanol–water partition coefficient (Wildman–Crippen LogP) is 4.49. The average molecular weight is 360 g/mol. The number of hydrogen-bond donors (Lipinski definition) is 1. The summed E-state index contributed by atoms with van der Waals surface area (Å²) in [6, 6.07) is 11.9. The highest BCUT2D eigenvalue weighted by Crippen LogP contribution is 2.21. The molecule has 3 aromatic rings. The summed E-state index contributed by atoms with van der Waals surface area (Å²) in [7, 11) is 0. The molecular weight excluding hydrogens is 336 g/mol. The molecule has 0 bridgehead atoms. The fourth-order valence-corrected chi connectivity index (χ4v) is 3.59. The van der Waals surface area contributed by atoms with Gasteiger partial charge in [0.25, 0.3) is 5.91 Å². The normalized spacial score (nSPS) is 14.4. The Bertz CT molecular complexity index is 976. The van der Waals surface area contributed by atoms with Crippen LogP contribution in [0.3, 0.4) is 0 Å². The number of amides is 1. The van der Waals surface area contributed by atoms with Crippen LogP contribution in [0.2, 0.25) is 0 Å². The van der Waals surface area contributed by atoms with Gasteiger partial charge in [-0.1, -0.05) is 11.6 Å². The Hall–Kier alpha value is -2.95. The van der Waals surface area contributed by atoms with E-state index in [1.165, 1.54) is 19.3 Å². The van der Waals surface area contributed by atoms with Gasteiger partial charge in [-0.15, -0.1) is 0 Å². The van der Waals surface area contributed by atoms with Crippen molar-refractivity contribution in [3.05, 3.63) is 59.4 Å². The molecule has 1 amide bonds. The molecule has 1 fully saturated rings. The van der Waals surface area contributed by atoms with Gasteiger partial charge in [-0.25, -0.2) is 4.98 Å². The van der Waals surface area contributed by atoms with Crippen LogP contribution in [0.5, 0.6) is 0 Å². The molecule has 0 saturated carbocycles. The number of carbonyl (C=O) groups is 1. The molecule has 4 rings (SSSR count). The summed E-state index contributed by atoms with van der Waals surface area (Å²) in [5.41, 5.74) is 4.07. The maximum Gasteiger partial charge on any atom is 0.257 e. The molecule has 138 valence electrons. The summed E-state index contributed by atoms with van der Waals surface area (Å²) in [6.07, 6.45) is 5.46. The molecule has 1 N–H and O–H groups in total. The Morgan fingerprint density at radius 1 is 1.04 bits per heavy atom. The molecule has 0 spiro atoms. The van der Waals surface area contributed by atoms with Crippen LogP contribution in [-0.2, 0) is 0 Å². The molecule has 27 heavy (non-hydrogen) atoms. The van der Waals surface area contributed by atoms with Gasteiger partial charge < -0.3 is 10.2 Å². The summed E-state index contributed by atoms with van der Waals surface area (Å²) in [6.45, 7) is 6.01. The minimum atomic E-state index is -0.157. The topological polar surface area (TPSA) is 58.1 Å². The molecular formula is C22H24N4O. The smallest absolute Gasteiger partial charge is 0.257 e. The summed E-state index contributed by atoms with van der Waals surface area (Å²) in [4.78, 5) is 24.2. The van der Waals surface area contributed by atoms with E-state index in [-0.39, 0.29) is 5.91 Å². The van der Waals surface area contributed by atoms with E-state index < -0.39 is 0 Å². The van der Waals surface area contributed by atoms with Crippen LogP contribution >= 0.6 is 0 Å². The van der Waals surface area contributed by atoms with Gasteiger partial charge in [-0.3, -0.25) is 9.78 Å². The Balaban J connectivity index is 1.53. The molecule has 1 aliphatic heterocycles. The van der Waals surface area contributed by atoms with Crippen molar-refractivity contribution in [2.24, 2.45) is 0 Å². The van der Waals surface area contributed by atoms with Crippen molar-refractivity contribution in [3.8, 4) is 0 Å². The number of piperidine rings is 1. The van der Waals surface area contributed by atoms with E-state index in [0.717, 1.165) is 41.1 Å². The van der Waals surface area contributed by atoms with Gasteiger partial charge >= 0.3 is 0 Å². The van der Waals surface area contributed by atoms with E-state index in [9.17, 15) is 4.79 Å². The minimum Gasteiger partial charge on any atom is -0.357 e. The van der Waals surface area contributed by atoms with Gasteiger partial charge in [0.05, 0.1) is 28.7 Å². The lowest BCUT2D eigenvalue weighted by Crippen LogP contribution is -2.30.